The van der Waals surface area contributed by atoms with Crippen LogP contribution in [0.1, 0.15) is 47.8 Å². The smallest absolute Gasteiger partial charge is 0.251 e. The van der Waals surface area contributed by atoms with Gasteiger partial charge in [0.2, 0.25) is 0 Å². The molecule has 0 atom stereocenters. The number of hydrogen-bond donors (Lipinski definition) is 3. The van der Waals surface area contributed by atoms with E-state index in [9.17, 15) is 4.79 Å². The van der Waals surface area contributed by atoms with Gasteiger partial charge in [-0.3, -0.25) is 9.79 Å². The zero-order valence-electron chi connectivity index (χ0n) is 18.3. The van der Waals surface area contributed by atoms with E-state index in [1.54, 1.807) is 7.05 Å². The molecule has 156 valence electrons. The van der Waals surface area contributed by atoms with E-state index < -0.39 is 0 Å². The van der Waals surface area contributed by atoms with Crippen LogP contribution in [0.2, 0.25) is 0 Å². The summed E-state index contributed by atoms with van der Waals surface area (Å²) in [6, 6.07) is 16.2. The maximum Gasteiger partial charge on any atom is 0.251 e. The lowest BCUT2D eigenvalue weighted by molar-refractivity contribution is 0.0963. The van der Waals surface area contributed by atoms with Crippen LogP contribution in [0.25, 0.3) is 0 Å². The van der Waals surface area contributed by atoms with E-state index in [4.69, 9.17) is 4.99 Å². The molecule has 0 unspecified atom stereocenters. The zero-order chi connectivity index (χ0) is 21.3. The number of amides is 1. The lowest BCUT2D eigenvalue weighted by Gasteiger charge is -2.25. The third-order valence-corrected chi connectivity index (χ3v) is 4.97. The number of benzene rings is 2. The van der Waals surface area contributed by atoms with Crippen LogP contribution in [-0.2, 0) is 11.8 Å². The highest BCUT2D eigenvalue weighted by atomic mass is 16.1. The Hall–Kier alpha value is -2.82. The number of guanidine groups is 1. The van der Waals surface area contributed by atoms with Crippen LogP contribution in [0.15, 0.2) is 53.5 Å². The van der Waals surface area contributed by atoms with E-state index in [-0.39, 0.29) is 11.3 Å². The Kier molecular flexibility index (Phi) is 8.25. The monoisotopic (exact) mass is 394 g/mol. The van der Waals surface area contributed by atoms with Gasteiger partial charge in [0.25, 0.3) is 5.91 Å². The Morgan fingerprint density at radius 2 is 1.83 bits per heavy atom. The van der Waals surface area contributed by atoms with Crippen molar-refractivity contribution in [2.45, 2.75) is 39.5 Å². The minimum atomic E-state index is -0.0619. The second-order valence-corrected chi connectivity index (χ2v) is 7.85. The van der Waals surface area contributed by atoms with Crippen molar-refractivity contribution < 1.29 is 4.79 Å². The number of rotatable bonds is 8. The third kappa shape index (κ3) is 6.63. The van der Waals surface area contributed by atoms with Gasteiger partial charge in [0.15, 0.2) is 5.96 Å². The Labute approximate surface area is 175 Å². The Balaban J connectivity index is 1.99. The van der Waals surface area contributed by atoms with Crippen LogP contribution in [0.4, 0.5) is 0 Å². The van der Waals surface area contributed by atoms with Crippen molar-refractivity contribution in [1.29, 1.82) is 0 Å². The van der Waals surface area contributed by atoms with Crippen LogP contribution in [0.5, 0.6) is 0 Å². The highest BCUT2D eigenvalue weighted by molar-refractivity contribution is 5.94. The van der Waals surface area contributed by atoms with E-state index in [0.717, 1.165) is 31.0 Å². The highest BCUT2D eigenvalue weighted by Gasteiger charge is 2.22. The summed E-state index contributed by atoms with van der Waals surface area (Å²) in [5, 5.41) is 9.39. The number of carbonyl (C=O) groups is 1. The molecule has 0 radical (unpaired) electrons. The van der Waals surface area contributed by atoms with Crippen LogP contribution in [0.3, 0.4) is 0 Å². The van der Waals surface area contributed by atoms with Crippen molar-refractivity contribution in [2.75, 3.05) is 26.7 Å². The predicted octanol–water partition coefficient (Wildman–Crippen LogP) is 3.43. The molecular formula is C24H34N4O. The van der Waals surface area contributed by atoms with Crippen LogP contribution in [-0.4, -0.2) is 38.5 Å². The van der Waals surface area contributed by atoms with E-state index in [2.05, 4.69) is 67.9 Å². The second kappa shape index (κ2) is 10.6. The maximum atomic E-state index is 11.8. The number of aryl methyl sites for hydroxylation is 1. The number of hydrogen-bond acceptors (Lipinski definition) is 2. The number of aliphatic imine (C=N–C) groups is 1. The number of nitrogens with zero attached hydrogens (tertiary/aromatic N) is 1. The fourth-order valence-electron chi connectivity index (χ4n) is 3.37. The first-order valence-corrected chi connectivity index (χ1v) is 10.3. The zero-order valence-corrected chi connectivity index (χ0v) is 18.3. The molecule has 1 amide bonds. The molecule has 29 heavy (non-hydrogen) atoms. The standard InChI is InChI=1S/C24H34N4O/c1-6-26-23(28-17-24(3,4)21-13-8-7-10-18(21)2)27-15-14-19-11-9-12-20(16-19)22(29)25-5/h7-13,16H,6,14-15,17H2,1-5H3,(H,25,29)(H2,26,27,28). The predicted molar refractivity (Wildman–Crippen MR) is 122 cm³/mol. The molecule has 0 aliphatic carbocycles. The van der Waals surface area contributed by atoms with Crippen LogP contribution < -0.4 is 16.0 Å². The van der Waals surface area contributed by atoms with Gasteiger partial charge in [-0.05, 0) is 49.1 Å². The average Bonchev–Trinajstić information content (AvgIpc) is 2.72. The molecule has 0 aliphatic heterocycles. The van der Waals surface area contributed by atoms with Gasteiger partial charge < -0.3 is 16.0 Å². The fraction of sp³-hybridized carbons (Fsp3) is 0.417. The molecule has 0 fully saturated rings. The quantitative estimate of drug-likeness (QED) is 0.475. The van der Waals surface area contributed by atoms with E-state index in [1.807, 2.05) is 24.3 Å². The molecule has 0 aliphatic rings. The average molecular weight is 395 g/mol. The van der Waals surface area contributed by atoms with Crippen molar-refractivity contribution in [3.8, 4) is 0 Å². The summed E-state index contributed by atoms with van der Waals surface area (Å²) in [7, 11) is 1.65. The molecule has 5 heteroatoms. The van der Waals surface area contributed by atoms with Gasteiger partial charge in [-0.1, -0.05) is 50.2 Å². The molecule has 2 rings (SSSR count). The minimum absolute atomic E-state index is 0.0461. The Morgan fingerprint density at radius 1 is 1.07 bits per heavy atom. The van der Waals surface area contributed by atoms with Crippen LogP contribution in [0, 0.1) is 6.92 Å². The summed E-state index contributed by atoms with van der Waals surface area (Å²) in [6.07, 6.45) is 0.816. The van der Waals surface area contributed by atoms with Crippen LogP contribution >= 0.6 is 0 Å². The first kappa shape index (κ1) is 22.5. The molecule has 0 bridgehead atoms. The van der Waals surface area contributed by atoms with Gasteiger partial charge in [-0.25, -0.2) is 0 Å². The second-order valence-electron chi connectivity index (χ2n) is 7.85. The molecule has 3 N–H and O–H groups in total. The largest absolute Gasteiger partial charge is 0.357 e. The van der Waals surface area contributed by atoms with Crippen molar-refractivity contribution in [2.24, 2.45) is 4.99 Å². The third-order valence-electron chi connectivity index (χ3n) is 4.97. The fourth-order valence-corrected chi connectivity index (χ4v) is 3.37. The SMILES string of the molecule is CCNC(=NCC(C)(C)c1ccccc1C)NCCc1cccc(C(=O)NC)c1. The van der Waals surface area contributed by atoms with Gasteiger partial charge in [0, 0.05) is 31.1 Å². The van der Waals surface area contributed by atoms with Crippen molar-refractivity contribution >= 4 is 11.9 Å². The molecule has 0 spiro atoms. The normalized spacial score (nSPS) is 11.8. The van der Waals surface area contributed by atoms with Crippen molar-refractivity contribution in [3.63, 3.8) is 0 Å². The van der Waals surface area contributed by atoms with Gasteiger partial charge in [0.1, 0.15) is 0 Å². The highest BCUT2D eigenvalue weighted by Crippen LogP contribution is 2.26. The van der Waals surface area contributed by atoms with Gasteiger partial charge in [-0.15, -0.1) is 0 Å². The van der Waals surface area contributed by atoms with E-state index >= 15 is 0 Å². The summed E-state index contributed by atoms with van der Waals surface area (Å²) < 4.78 is 0. The summed E-state index contributed by atoms with van der Waals surface area (Å²) in [4.78, 5) is 16.6. The first-order chi connectivity index (χ1) is 13.9. The number of nitrogens with one attached hydrogen (secondary N) is 3. The molecule has 2 aromatic rings. The lowest BCUT2D eigenvalue weighted by Crippen LogP contribution is -2.39. The van der Waals surface area contributed by atoms with Crippen molar-refractivity contribution in [1.82, 2.24) is 16.0 Å². The van der Waals surface area contributed by atoms with Gasteiger partial charge in [-0.2, -0.15) is 0 Å². The summed E-state index contributed by atoms with van der Waals surface area (Å²) in [6.45, 7) is 10.9. The maximum absolute atomic E-state index is 11.8. The van der Waals surface area contributed by atoms with Gasteiger partial charge >= 0.3 is 0 Å². The molecular weight excluding hydrogens is 360 g/mol. The molecule has 5 nitrogen and oxygen atoms in total. The van der Waals surface area contributed by atoms with Gasteiger partial charge in [0.05, 0.1) is 6.54 Å². The summed E-state index contributed by atoms with van der Waals surface area (Å²) in [5.41, 5.74) is 4.38. The molecule has 0 saturated heterocycles. The lowest BCUT2D eigenvalue weighted by atomic mass is 9.82. The summed E-state index contributed by atoms with van der Waals surface area (Å²) >= 11 is 0. The topological polar surface area (TPSA) is 65.5 Å². The van der Waals surface area contributed by atoms with Crippen molar-refractivity contribution in [3.05, 3.63) is 70.8 Å². The number of carbonyl (C=O) groups excluding carboxylic acids is 1. The van der Waals surface area contributed by atoms with E-state index in [0.29, 0.717) is 12.1 Å². The molecule has 0 aromatic heterocycles. The molecule has 0 heterocycles. The van der Waals surface area contributed by atoms with E-state index in [1.165, 1.54) is 11.1 Å². The molecule has 0 saturated carbocycles. The first-order valence-electron chi connectivity index (χ1n) is 10.3. The molecule has 2 aromatic carbocycles. The minimum Gasteiger partial charge on any atom is -0.357 e. The summed E-state index contributed by atoms with van der Waals surface area (Å²) in [5.74, 6) is 0.754. The Bertz CT molecular complexity index is 842. The Morgan fingerprint density at radius 3 is 2.52 bits per heavy atom.